The van der Waals surface area contributed by atoms with Gasteiger partial charge < -0.3 is 14.3 Å². The highest BCUT2D eigenvalue weighted by Crippen LogP contribution is 2.34. The van der Waals surface area contributed by atoms with Gasteiger partial charge in [0.1, 0.15) is 11.5 Å². The molecule has 1 aromatic rings. The van der Waals surface area contributed by atoms with E-state index in [1.54, 1.807) is 7.11 Å². The number of ether oxygens (including phenoxy) is 1. The van der Waals surface area contributed by atoms with Crippen LogP contribution in [0.3, 0.4) is 0 Å². The summed E-state index contributed by atoms with van der Waals surface area (Å²) in [5, 5.41) is 9.67. The molecule has 2 rings (SSSR count). The summed E-state index contributed by atoms with van der Waals surface area (Å²) >= 11 is 0. The van der Waals surface area contributed by atoms with E-state index in [9.17, 15) is 9.90 Å². The van der Waals surface area contributed by atoms with E-state index in [1.165, 1.54) is 0 Å². The van der Waals surface area contributed by atoms with Crippen molar-refractivity contribution in [1.82, 2.24) is 4.90 Å². The minimum Gasteiger partial charge on any atom is -0.481 e. The maximum absolute atomic E-state index is 11.8. The molecule has 1 saturated heterocycles. The molecule has 1 N–H and O–H groups in total. The number of aliphatic carboxylic acids is 1. The van der Waals surface area contributed by atoms with Gasteiger partial charge in [-0.1, -0.05) is 6.92 Å². The minimum atomic E-state index is -0.708. The Kier molecular flexibility index (Phi) is 6.03. The molecule has 0 aliphatic carbocycles. The quantitative estimate of drug-likeness (QED) is 0.800. The molecule has 1 atom stereocenters. The van der Waals surface area contributed by atoms with Gasteiger partial charge in [0.05, 0.1) is 12.0 Å². The van der Waals surface area contributed by atoms with Gasteiger partial charge in [-0.15, -0.1) is 0 Å². The van der Waals surface area contributed by atoms with E-state index in [0.29, 0.717) is 26.1 Å². The number of carboxylic acid groups (broad SMARTS) is 1. The minimum absolute atomic E-state index is 0.488. The van der Waals surface area contributed by atoms with Gasteiger partial charge in [-0.3, -0.25) is 9.69 Å². The van der Waals surface area contributed by atoms with E-state index in [2.05, 4.69) is 11.8 Å². The average Bonchev–Trinajstić information content (AvgIpc) is 2.93. The van der Waals surface area contributed by atoms with Gasteiger partial charge in [0.25, 0.3) is 0 Å². The largest absolute Gasteiger partial charge is 0.481 e. The molecular formula is C17H27NO4. The van der Waals surface area contributed by atoms with E-state index in [1.807, 2.05) is 12.1 Å². The SMILES string of the molecule is CCCc1ccc(CN2CCC[C@](CCOC)(C(=O)O)C2)o1. The first-order valence-electron chi connectivity index (χ1n) is 8.12. The Balaban J connectivity index is 2.00. The lowest BCUT2D eigenvalue weighted by Crippen LogP contribution is -2.48. The zero-order chi connectivity index (χ0) is 16.0. The second-order valence-electron chi connectivity index (χ2n) is 6.26. The summed E-state index contributed by atoms with van der Waals surface area (Å²) in [6.07, 6.45) is 4.21. The van der Waals surface area contributed by atoms with Crippen LogP contribution in [0, 0.1) is 5.41 Å². The normalized spacial score (nSPS) is 22.8. The molecule has 1 aromatic heterocycles. The summed E-state index contributed by atoms with van der Waals surface area (Å²) in [6, 6.07) is 4.04. The van der Waals surface area contributed by atoms with Crippen LogP contribution in [0.1, 0.15) is 44.1 Å². The number of carbonyl (C=O) groups is 1. The molecule has 0 unspecified atom stereocenters. The molecular weight excluding hydrogens is 282 g/mol. The van der Waals surface area contributed by atoms with Crippen molar-refractivity contribution >= 4 is 5.97 Å². The fourth-order valence-corrected chi connectivity index (χ4v) is 3.25. The molecule has 0 aromatic carbocycles. The lowest BCUT2D eigenvalue weighted by atomic mass is 9.77. The molecule has 5 heteroatoms. The van der Waals surface area contributed by atoms with Crippen LogP contribution in [0.2, 0.25) is 0 Å². The Hall–Kier alpha value is -1.33. The third-order valence-electron chi connectivity index (χ3n) is 4.49. The number of hydrogen-bond donors (Lipinski definition) is 1. The van der Waals surface area contributed by atoms with Gasteiger partial charge in [-0.25, -0.2) is 0 Å². The summed E-state index contributed by atoms with van der Waals surface area (Å²) in [7, 11) is 1.62. The zero-order valence-electron chi connectivity index (χ0n) is 13.6. The number of carboxylic acids is 1. The average molecular weight is 309 g/mol. The van der Waals surface area contributed by atoms with E-state index >= 15 is 0 Å². The molecule has 1 fully saturated rings. The maximum atomic E-state index is 11.8. The number of likely N-dealkylation sites (tertiary alicyclic amines) is 1. The second-order valence-corrected chi connectivity index (χ2v) is 6.26. The van der Waals surface area contributed by atoms with Crippen molar-refractivity contribution in [2.75, 3.05) is 26.8 Å². The molecule has 1 aliphatic rings. The maximum Gasteiger partial charge on any atom is 0.311 e. The van der Waals surface area contributed by atoms with E-state index in [-0.39, 0.29) is 0 Å². The third-order valence-corrected chi connectivity index (χ3v) is 4.49. The molecule has 0 saturated carbocycles. The zero-order valence-corrected chi connectivity index (χ0v) is 13.6. The van der Waals surface area contributed by atoms with Crippen LogP contribution in [-0.2, 0) is 22.5 Å². The number of hydrogen-bond acceptors (Lipinski definition) is 4. The molecule has 124 valence electrons. The van der Waals surface area contributed by atoms with Crippen LogP contribution in [0.25, 0.3) is 0 Å². The molecule has 1 aliphatic heterocycles. The Morgan fingerprint density at radius 1 is 1.45 bits per heavy atom. The monoisotopic (exact) mass is 309 g/mol. The first kappa shape index (κ1) is 17.0. The molecule has 2 heterocycles. The van der Waals surface area contributed by atoms with Crippen molar-refractivity contribution in [3.8, 4) is 0 Å². The van der Waals surface area contributed by atoms with Gasteiger partial charge in [0.2, 0.25) is 0 Å². The van der Waals surface area contributed by atoms with Crippen molar-refractivity contribution in [2.45, 2.75) is 45.6 Å². The molecule has 22 heavy (non-hydrogen) atoms. The van der Waals surface area contributed by atoms with Crippen molar-refractivity contribution in [3.05, 3.63) is 23.7 Å². The lowest BCUT2D eigenvalue weighted by Gasteiger charge is -2.39. The van der Waals surface area contributed by atoms with Crippen LogP contribution in [0.4, 0.5) is 0 Å². The smallest absolute Gasteiger partial charge is 0.311 e. The topological polar surface area (TPSA) is 62.9 Å². The van der Waals surface area contributed by atoms with Crippen LogP contribution in [0.5, 0.6) is 0 Å². The molecule has 5 nitrogen and oxygen atoms in total. The van der Waals surface area contributed by atoms with E-state index in [4.69, 9.17) is 9.15 Å². The summed E-state index contributed by atoms with van der Waals surface area (Å²) in [4.78, 5) is 14.0. The van der Waals surface area contributed by atoms with Gasteiger partial charge in [-0.05, 0) is 44.4 Å². The van der Waals surface area contributed by atoms with Crippen molar-refractivity contribution in [2.24, 2.45) is 5.41 Å². The van der Waals surface area contributed by atoms with Crippen molar-refractivity contribution in [1.29, 1.82) is 0 Å². The van der Waals surface area contributed by atoms with Crippen LogP contribution in [0.15, 0.2) is 16.5 Å². The summed E-state index contributed by atoms with van der Waals surface area (Å²) in [5.41, 5.74) is -0.687. The molecule has 0 spiro atoms. The predicted molar refractivity (Wildman–Crippen MR) is 83.8 cm³/mol. The highest BCUT2D eigenvalue weighted by atomic mass is 16.5. The van der Waals surface area contributed by atoms with Crippen LogP contribution < -0.4 is 0 Å². The number of rotatable bonds is 8. The summed E-state index contributed by atoms with van der Waals surface area (Å²) in [5.74, 6) is 1.23. The van der Waals surface area contributed by atoms with Crippen LogP contribution in [-0.4, -0.2) is 42.8 Å². The van der Waals surface area contributed by atoms with Crippen LogP contribution >= 0.6 is 0 Å². The first-order valence-corrected chi connectivity index (χ1v) is 8.12. The Bertz CT molecular complexity index is 485. The Morgan fingerprint density at radius 2 is 2.23 bits per heavy atom. The second kappa shape index (κ2) is 7.79. The standard InChI is InChI=1S/C17H27NO4/c1-3-5-14-6-7-15(22-14)12-18-10-4-8-17(13-18,16(19)20)9-11-21-2/h6-7H,3-5,8-13H2,1-2H3,(H,19,20)/t17-/m1/s1. The number of methoxy groups -OCH3 is 1. The number of nitrogens with zero attached hydrogens (tertiary/aromatic N) is 1. The fraction of sp³-hybridized carbons (Fsp3) is 0.706. The number of aryl methyl sites for hydroxylation is 1. The highest BCUT2D eigenvalue weighted by Gasteiger charge is 2.42. The Labute approximate surface area is 132 Å². The van der Waals surface area contributed by atoms with Gasteiger partial charge in [0, 0.05) is 26.7 Å². The summed E-state index contributed by atoms with van der Waals surface area (Å²) < 4.78 is 10.9. The third kappa shape index (κ3) is 4.11. The van der Waals surface area contributed by atoms with Gasteiger partial charge >= 0.3 is 5.97 Å². The molecule has 0 amide bonds. The molecule has 0 radical (unpaired) electrons. The fourth-order valence-electron chi connectivity index (χ4n) is 3.25. The lowest BCUT2D eigenvalue weighted by molar-refractivity contribution is -0.154. The number of piperidine rings is 1. The van der Waals surface area contributed by atoms with Crippen molar-refractivity contribution in [3.63, 3.8) is 0 Å². The summed E-state index contributed by atoms with van der Waals surface area (Å²) in [6.45, 7) is 4.79. The van der Waals surface area contributed by atoms with Crippen molar-refractivity contribution < 1.29 is 19.1 Å². The van der Waals surface area contributed by atoms with Gasteiger partial charge in [0.15, 0.2) is 0 Å². The Morgan fingerprint density at radius 3 is 2.91 bits per heavy atom. The van der Waals surface area contributed by atoms with Gasteiger partial charge in [-0.2, -0.15) is 0 Å². The van der Waals surface area contributed by atoms with E-state index in [0.717, 1.165) is 43.7 Å². The van der Waals surface area contributed by atoms with E-state index < -0.39 is 11.4 Å². The number of furan rings is 1. The molecule has 0 bridgehead atoms. The highest BCUT2D eigenvalue weighted by molar-refractivity contribution is 5.75. The first-order chi connectivity index (χ1) is 10.6. The predicted octanol–water partition coefficient (Wildman–Crippen LogP) is 2.94.